The molecule has 2 aromatic carbocycles. The lowest BCUT2D eigenvalue weighted by atomic mass is 10.2. The highest BCUT2D eigenvalue weighted by Crippen LogP contribution is 2.25. The van der Waals surface area contributed by atoms with Crippen molar-refractivity contribution in [1.29, 1.82) is 0 Å². The molecule has 3 aromatic rings. The molecule has 8 nitrogen and oxygen atoms in total. The molecule has 0 atom stereocenters. The Labute approximate surface area is 173 Å². The Morgan fingerprint density at radius 1 is 1.18 bits per heavy atom. The van der Waals surface area contributed by atoms with Crippen molar-refractivity contribution < 1.29 is 18.7 Å². The number of carbonyl (C=O) groups is 2. The Balaban J connectivity index is 1.68. The number of rotatable bonds is 4. The minimum Gasteiger partial charge on any atom is -0.496 e. The highest BCUT2D eigenvalue weighted by atomic mass is 79.9. The lowest BCUT2D eigenvalue weighted by molar-refractivity contribution is -0.114. The predicted molar refractivity (Wildman–Crippen MR) is 113 cm³/mol. The summed E-state index contributed by atoms with van der Waals surface area (Å²) in [5, 5.41) is 7.98. The lowest BCUT2D eigenvalue weighted by Gasteiger charge is -2.08. The molecule has 0 unspecified atom stereocenters. The molecule has 0 saturated heterocycles. The van der Waals surface area contributed by atoms with E-state index in [1.165, 1.54) is 6.92 Å². The normalized spacial score (nSPS) is 10.4. The third-order valence-electron chi connectivity index (χ3n) is 3.57. The van der Waals surface area contributed by atoms with Gasteiger partial charge in [-0.05, 0) is 58.5 Å². The number of nitrogens with one attached hydrogen (secondary N) is 3. The molecule has 0 aliphatic carbocycles. The number of methoxy groups -OCH3 is 1. The maximum atomic E-state index is 12.3. The van der Waals surface area contributed by atoms with Crippen LogP contribution in [0, 0.1) is 0 Å². The van der Waals surface area contributed by atoms with E-state index in [1.54, 1.807) is 43.5 Å². The molecule has 0 aliphatic rings. The van der Waals surface area contributed by atoms with Crippen molar-refractivity contribution in [1.82, 2.24) is 10.3 Å². The predicted octanol–water partition coefficient (Wildman–Crippen LogP) is 3.68. The van der Waals surface area contributed by atoms with Crippen LogP contribution in [0.2, 0.25) is 0 Å². The number of oxazole rings is 1. The van der Waals surface area contributed by atoms with Crippen molar-refractivity contribution in [2.75, 3.05) is 17.7 Å². The molecule has 0 spiro atoms. The van der Waals surface area contributed by atoms with Crippen LogP contribution in [0.3, 0.4) is 0 Å². The van der Waals surface area contributed by atoms with Crippen LogP contribution >= 0.6 is 28.1 Å². The van der Waals surface area contributed by atoms with E-state index in [1.807, 2.05) is 0 Å². The van der Waals surface area contributed by atoms with Crippen LogP contribution in [0.15, 0.2) is 45.3 Å². The Morgan fingerprint density at radius 3 is 2.64 bits per heavy atom. The molecule has 0 saturated carbocycles. The van der Waals surface area contributed by atoms with Crippen LogP contribution in [-0.2, 0) is 4.79 Å². The zero-order chi connectivity index (χ0) is 20.3. The first-order chi connectivity index (χ1) is 13.4. The molecule has 0 radical (unpaired) electrons. The van der Waals surface area contributed by atoms with E-state index >= 15 is 0 Å². The number of fused-ring (bicyclic) bond motifs is 1. The molecular formula is C18H15BrN4O4S. The first-order valence-electron chi connectivity index (χ1n) is 8.00. The molecule has 10 heteroatoms. The Hall–Kier alpha value is -2.98. The van der Waals surface area contributed by atoms with Gasteiger partial charge >= 0.3 is 6.01 Å². The largest absolute Gasteiger partial charge is 0.496 e. The van der Waals surface area contributed by atoms with E-state index in [0.29, 0.717) is 32.6 Å². The topological polar surface area (TPSA) is 105 Å². The fourth-order valence-electron chi connectivity index (χ4n) is 2.37. The van der Waals surface area contributed by atoms with Gasteiger partial charge in [0.05, 0.1) is 11.6 Å². The number of nitrogens with zero attached hydrogens (tertiary/aromatic N) is 1. The first kappa shape index (κ1) is 19.8. The summed E-state index contributed by atoms with van der Waals surface area (Å²) in [6.07, 6.45) is 0. The molecule has 0 bridgehead atoms. The van der Waals surface area contributed by atoms with Crippen LogP contribution in [0.5, 0.6) is 5.75 Å². The fourth-order valence-corrected chi connectivity index (χ4v) is 3.09. The van der Waals surface area contributed by atoms with Crippen molar-refractivity contribution in [2.45, 2.75) is 6.92 Å². The Morgan fingerprint density at radius 2 is 1.96 bits per heavy atom. The molecule has 1 heterocycles. The minimum atomic E-state index is -0.398. The summed E-state index contributed by atoms with van der Waals surface area (Å²) in [4.78, 5) is 27.7. The van der Waals surface area contributed by atoms with E-state index in [9.17, 15) is 9.59 Å². The number of thiocarbonyl (C=S) groups is 1. The number of benzene rings is 2. The van der Waals surface area contributed by atoms with Crippen LogP contribution < -0.4 is 20.7 Å². The van der Waals surface area contributed by atoms with Gasteiger partial charge in [-0.1, -0.05) is 0 Å². The van der Waals surface area contributed by atoms with Crippen LogP contribution in [0.4, 0.5) is 11.7 Å². The van der Waals surface area contributed by atoms with Crippen LogP contribution in [0.1, 0.15) is 17.3 Å². The van der Waals surface area contributed by atoms with Gasteiger partial charge in [-0.25, -0.2) is 0 Å². The summed E-state index contributed by atoms with van der Waals surface area (Å²) < 4.78 is 11.3. The number of ether oxygens (including phenoxy) is 1. The molecule has 28 heavy (non-hydrogen) atoms. The Kier molecular flexibility index (Phi) is 5.90. The molecule has 2 amide bonds. The zero-order valence-corrected chi connectivity index (χ0v) is 17.2. The van der Waals surface area contributed by atoms with Gasteiger partial charge in [-0.15, -0.1) is 0 Å². The van der Waals surface area contributed by atoms with E-state index in [2.05, 4.69) is 36.9 Å². The van der Waals surface area contributed by atoms with E-state index in [0.717, 1.165) is 0 Å². The number of aromatic nitrogens is 1. The van der Waals surface area contributed by atoms with Gasteiger partial charge in [0.2, 0.25) is 5.91 Å². The van der Waals surface area contributed by atoms with E-state index in [4.69, 9.17) is 21.4 Å². The SMILES string of the molecule is COc1ccc(C(=O)NC(=S)Nc2nc3ccc(NC(C)=O)cc3o2)cc1Br. The molecule has 3 N–H and O–H groups in total. The monoisotopic (exact) mass is 462 g/mol. The fraction of sp³-hybridized carbons (Fsp3) is 0.111. The average molecular weight is 463 g/mol. The number of hydrogen-bond donors (Lipinski definition) is 3. The number of halogens is 1. The smallest absolute Gasteiger partial charge is 0.302 e. The minimum absolute atomic E-state index is 0.0329. The van der Waals surface area contributed by atoms with Gasteiger partial charge in [-0.3, -0.25) is 20.2 Å². The van der Waals surface area contributed by atoms with Crippen molar-refractivity contribution >= 4 is 67.9 Å². The molecule has 1 aromatic heterocycles. The number of amides is 2. The lowest BCUT2D eigenvalue weighted by Crippen LogP contribution is -2.34. The van der Waals surface area contributed by atoms with E-state index < -0.39 is 5.91 Å². The summed E-state index contributed by atoms with van der Waals surface area (Å²) in [5.74, 6) is 0.0264. The van der Waals surface area contributed by atoms with Crippen LogP contribution in [-0.4, -0.2) is 29.0 Å². The third kappa shape index (κ3) is 4.65. The van der Waals surface area contributed by atoms with Gasteiger partial charge in [-0.2, -0.15) is 4.98 Å². The van der Waals surface area contributed by atoms with E-state index in [-0.39, 0.29) is 17.0 Å². The molecule has 144 valence electrons. The summed E-state index contributed by atoms with van der Waals surface area (Å²) in [6, 6.07) is 10.1. The van der Waals surface area contributed by atoms with Crippen molar-refractivity contribution in [2.24, 2.45) is 0 Å². The number of carbonyl (C=O) groups excluding carboxylic acids is 2. The summed E-state index contributed by atoms with van der Waals surface area (Å²) in [7, 11) is 1.54. The highest BCUT2D eigenvalue weighted by molar-refractivity contribution is 9.10. The van der Waals surface area contributed by atoms with Gasteiger partial charge in [0, 0.05) is 24.2 Å². The second kappa shape index (κ2) is 8.36. The highest BCUT2D eigenvalue weighted by Gasteiger charge is 2.13. The zero-order valence-electron chi connectivity index (χ0n) is 14.8. The second-order valence-corrected chi connectivity index (χ2v) is 6.90. The van der Waals surface area contributed by atoms with Gasteiger partial charge in [0.1, 0.15) is 11.3 Å². The summed E-state index contributed by atoms with van der Waals surface area (Å²) in [5.41, 5.74) is 2.02. The number of hydrogen-bond acceptors (Lipinski definition) is 6. The quantitative estimate of drug-likeness (QED) is 0.507. The number of anilines is 2. The summed E-state index contributed by atoms with van der Waals surface area (Å²) in [6.45, 7) is 1.42. The molecule has 0 aliphatic heterocycles. The van der Waals surface area contributed by atoms with Crippen molar-refractivity contribution in [3.8, 4) is 5.75 Å². The molecule has 0 fully saturated rings. The van der Waals surface area contributed by atoms with Crippen LogP contribution in [0.25, 0.3) is 11.1 Å². The van der Waals surface area contributed by atoms with Crippen molar-refractivity contribution in [3.63, 3.8) is 0 Å². The molecular weight excluding hydrogens is 448 g/mol. The Bertz CT molecular complexity index is 1080. The maximum absolute atomic E-state index is 12.3. The van der Waals surface area contributed by atoms with Crippen molar-refractivity contribution in [3.05, 3.63) is 46.4 Å². The third-order valence-corrected chi connectivity index (χ3v) is 4.39. The molecule has 3 rings (SSSR count). The average Bonchev–Trinajstić information content (AvgIpc) is 3.02. The maximum Gasteiger partial charge on any atom is 0.302 e. The van der Waals surface area contributed by atoms with Gasteiger partial charge in [0.15, 0.2) is 10.7 Å². The summed E-state index contributed by atoms with van der Waals surface area (Å²) >= 11 is 8.48. The standard InChI is InChI=1S/C18H15BrN4O4S/c1-9(24)20-11-4-5-13-15(8-11)27-17(21-13)23-18(28)22-16(25)10-3-6-14(26-2)12(19)7-10/h3-8H,1-2H3,(H,20,24)(H2,21,22,23,25,28). The second-order valence-electron chi connectivity index (χ2n) is 5.64. The first-order valence-corrected chi connectivity index (χ1v) is 9.20. The van der Waals surface area contributed by atoms with Gasteiger partial charge < -0.3 is 14.5 Å². The van der Waals surface area contributed by atoms with Gasteiger partial charge in [0.25, 0.3) is 5.91 Å².